The first-order chi connectivity index (χ1) is 7.13. The Morgan fingerprint density at radius 3 is 2.47 bits per heavy atom. The van der Waals surface area contributed by atoms with Crippen molar-refractivity contribution in [1.82, 2.24) is 0 Å². The van der Waals surface area contributed by atoms with Gasteiger partial charge in [-0.2, -0.15) is 0 Å². The molecule has 0 aliphatic rings. The molecule has 15 heavy (non-hydrogen) atoms. The molecule has 0 aliphatic carbocycles. The monoisotopic (exact) mass is 204 g/mol. The molecular weight excluding hydrogens is 188 g/mol. The van der Waals surface area contributed by atoms with Crippen molar-refractivity contribution in [2.24, 2.45) is 0 Å². The van der Waals surface area contributed by atoms with E-state index < -0.39 is 0 Å². The Morgan fingerprint density at radius 1 is 1.40 bits per heavy atom. The predicted molar refractivity (Wildman–Crippen MR) is 61.4 cm³/mol. The van der Waals surface area contributed by atoms with Gasteiger partial charge < -0.3 is 4.74 Å². The molecule has 0 heterocycles. The van der Waals surface area contributed by atoms with Crippen molar-refractivity contribution >= 4 is 5.78 Å². The lowest BCUT2D eigenvalue weighted by Gasteiger charge is -2.09. The van der Waals surface area contributed by atoms with E-state index in [0.29, 0.717) is 12.0 Å². The van der Waals surface area contributed by atoms with Crippen LogP contribution in [0.5, 0.6) is 5.75 Å². The smallest absolute Gasteiger partial charge is 0.166 e. The van der Waals surface area contributed by atoms with E-state index in [0.717, 1.165) is 5.75 Å². The van der Waals surface area contributed by atoms with Crippen LogP contribution in [0.25, 0.3) is 0 Å². The molecule has 0 amide bonds. The van der Waals surface area contributed by atoms with E-state index in [9.17, 15) is 4.79 Å². The fourth-order valence-corrected chi connectivity index (χ4v) is 1.24. The molecule has 1 aromatic rings. The Bertz CT molecular complexity index is 336. The molecule has 0 fully saturated rings. The average molecular weight is 204 g/mol. The molecule has 1 aromatic carbocycles. The van der Waals surface area contributed by atoms with Gasteiger partial charge in [0.1, 0.15) is 5.75 Å². The van der Waals surface area contributed by atoms with Gasteiger partial charge in [0.15, 0.2) is 5.78 Å². The second-order valence-electron chi connectivity index (χ2n) is 3.61. The molecule has 0 N–H and O–H groups in total. The van der Waals surface area contributed by atoms with Gasteiger partial charge in [0, 0.05) is 12.0 Å². The van der Waals surface area contributed by atoms with E-state index in [-0.39, 0.29) is 11.9 Å². The minimum atomic E-state index is 0.0843. The number of ether oxygens (including phenoxy) is 1. The van der Waals surface area contributed by atoms with Gasteiger partial charge in [0.25, 0.3) is 0 Å². The van der Waals surface area contributed by atoms with Crippen LogP contribution in [0.2, 0.25) is 0 Å². The average Bonchev–Trinajstić information content (AvgIpc) is 2.18. The number of Topliss-reactive ketones (excluding diaryl/α,β-unsaturated/α-hetero) is 1. The first-order valence-corrected chi connectivity index (χ1v) is 5.04. The Kier molecular flexibility index (Phi) is 4.10. The second kappa shape index (κ2) is 5.35. The normalized spacial score (nSPS) is 10.1. The zero-order chi connectivity index (χ0) is 11.3. The SMILES string of the molecule is C=CCC(=O)c1ccc(OC(C)C)cc1. The Hall–Kier alpha value is -1.57. The summed E-state index contributed by atoms with van der Waals surface area (Å²) < 4.78 is 5.48. The molecule has 0 unspecified atom stereocenters. The molecule has 2 nitrogen and oxygen atoms in total. The largest absolute Gasteiger partial charge is 0.491 e. The first-order valence-electron chi connectivity index (χ1n) is 5.04. The molecule has 2 heteroatoms. The summed E-state index contributed by atoms with van der Waals surface area (Å²) in [7, 11) is 0. The van der Waals surface area contributed by atoms with Crippen LogP contribution in [-0.2, 0) is 0 Å². The highest BCUT2D eigenvalue weighted by Crippen LogP contribution is 2.14. The maximum absolute atomic E-state index is 11.5. The van der Waals surface area contributed by atoms with Crippen LogP contribution >= 0.6 is 0 Å². The van der Waals surface area contributed by atoms with Gasteiger partial charge in [-0.15, -0.1) is 6.58 Å². The summed E-state index contributed by atoms with van der Waals surface area (Å²) in [6, 6.07) is 7.19. The van der Waals surface area contributed by atoms with Crippen molar-refractivity contribution in [3.05, 3.63) is 42.5 Å². The number of carbonyl (C=O) groups excluding carboxylic acids is 1. The molecular formula is C13H16O2. The van der Waals surface area contributed by atoms with Crippen LogP contribution in [0.15, 0.2) is 36.9 Å². The van der Waals surface area contributed by atoms with Crippen LogP contribution in [0.4, 0.5) is 0 Å². The molecule has 0 radical (unpaired) electrons. The topological polar surface area (TPSA) is 26.3 Å². The fourth-order valence-electron chi connectivity index (χ4n) is 1.24. The van der Waals surface area contributed by atoms with Crippen LogP contribution < -0.4 is 4.74 Å². The maximum Gasteiger partial charge on any atom is 0.166 e. The molecule has 0 aliphatic heterocycles. The Morgan fingerprint density at radius 2 is 2.00 bits per heavy atom. The molecule has 1 rings (SSSR count). The van der Waals surface area contributed by atoms with E-state index in [1.807, 2.05) is 26.0 Å². The third kappa shape index (κ3) is 3.58. The summed E-state index contributed by atoms with van der Waals surface area (Å²) in [5.74, 6) is 0.876. The van der Waals surface area contributed by atoms with Crippen molar-refractivity contribution in [1.29, 1.82) is 0 Å². The van der Waals surface area contributed by atoms with Crippen LogP contribution in [0.3, 0.4) is 0 Å². The zero-order valence-corrected chi connectivity index (χ0v) is 9.19. The quantitative estimate of drug-likeness (QED) is 0.543. The third-order valence-electron chi connectivity index (χ3n) is 1.88. The number of carbonyl (C=O) groups is 1. The minimum absolute atomic E-state index is 0.0843. The molecule has 0 aromatic heterocycles. The van der Waals surface area contributed by atoms with Crippen LogP contribution in [-0.4, -0.2) is 11.9 Å². The Balaban J connectivity index is 2.71. The van der Waals surface area contributed by atoms with Crippen molar-refractivity contribution in [2.75, 3.05) is 0 Å². The molecule has 0 bridgehead atoms. The fraction of sp³-hybridized carbons (Fsp3) is 0.308. The van der Waals surface area contributed by atoms with Gasteiger partial charge in [-0.3, -0.25) is 4.79 Å². The third-order valence-corrected chi connectivity index (χ3v) is 1.88. The van der Waals surface area contributed by atoms with Gasteiger partial charge >= 0.3 is 0 Å². The van der Waals surface area contributed by atoms with Gasteiger partial charge in [-0.25, -0.2) is 0 Å². The lowest BCUT2D eigenvalue weighted by molar-refractivity contribution is 0.0996. The van der Waals surface area contributed by atoms with Gasteiger partial charge in [-0.1, -0.05) is 6.08 Å². The van der Waals surface area contributed by atoms with E-state index >= 15 is 0 Å². The number of hydrogen-bond donors (Lipinski definition) is 0. The van der Waals surface area contributed by atoms with Crippen molar-refractivity contribution in [2.45, 2.75) is 26.4 Å². The summed E-state index contributed by atoms with van der Waals surface area (Å²) >= 11 is 0. The summed E-state index contributed by atoms with van der Waals surface area (Å²) in [4.78, 5) is 11.5. The Labute approximate surface area is 90.6 Å². The summed E-state index contributed by atoms with van der Waals surface area (Å²) in [5, 5.41) is 0. The predicted octanol–water partition coefficient (Wildman–Crippen LogP) is 3.23. The maximum atomic E-state index is 11.5. The van der Waals surface area contributed by atoms with E-state index in [1.165, 1.54) is 0 Å². The number of hydrogen-bond acceptors (Lipinski definition) is 2. The summed E-state index contributed by atoms with van der Waals surface area (Å²) in [6.45, 7) is 7.48. The second-order valence-corrected chi connectivity index (χ2v) is 3.61. The molecule has 0 saturated carbocycles. The van der Waals surface area contributed by atoms with E-state index in [2.05, 4.69) is 6.58 Å². The van der Waals surface area contributed by atoms with Crippen molar-refractivity contribution < 1.29 is 9.53 Å². The van der Waals surface area contributed by atoms with Crippen molar-refractivity contribution in [3.8, 4) is 5.75 Å². The van der Waals surface area contributed by atoms with Gasteiger partial charge in [0.2, 0.25) is 0 Å². The van der Waals surface area contributed by atoms with Crippen LogP contribution in [0, 0.1) is 0 Å². The lowest BCUT2D eigenvalue weighted by atomic mass is 10.1. The number of benzene rings is 1. The zero-order valence-electron chi connectivity index (χ0n) is 9.19. The lowest BCUT2D eigenvalue weighted by Crippen LogP contribution is -2.05. The van der Waals surface area contributed by atoms with Crippen LogP contribution in [0.1, 0.15) is 30.6 Å². The highest BCUT2D eigenvalue weighted by Gasteiger charge is 2.03. The molecule has 0 saturated heterocycles. The summed E-state index contributed by atoms with van der Waals surface area (Å²) in [6.07, 6.45) is 2.14. The minimum Gasteiger partial charge on any atom is -0.491 e. The molecule has 80 valence electrons. The highest BCUT2D eigenvalue weighted by atomic mass is 16.5. The summed E-state index contributed by atoms with van der Waals surface area (Å²) in [5.41, 5.74) is 0.700. The first kappa shape index (κ1) is 11.5. The van der Waals surface area contributed by atoms with E-state index in [1.54, 1.807) is 18.2 Å². The standard InChI is InChI=1S/C13H16O2/c1-4-5-13(14)11-6-8-12(9-7-11)15-10(2)3/h4,6-10H,1,5H2,2-3H3. The number of rotatable bonds is 5. The van der Waals surface area contributed by atoms with Gasteiger partial charge in [0.05, 0.1) is 6.10 Å². The molecule has 0 spiro atoms. The van der Waals surface area contributed by atoms with E-state index in [4.69, 9.17) is 4.74 Å². The highest BCUT2D eigenvalue weighted by molar-refractivity contribution is 5.96. The van der Waals surface area contributed by atoms with Gasteiger partial charge in [-0.05, 0) is 38.1 Å². The van der Waals surface area contributed by atoms with Crippen molar-refractivity contribution in [3.63, 3.8) is 0 Å². The number of ketones is 1. The molecule has 0 atom stereocenters. The number of allylic oxidation sites excluding steroid dienone is 1.